The molecule has 27 heavy (non-hydrogen) atoms. The molecular formula is C23H25N2O2+. The topological polar surface area (TPSA) is 53.8 Å². The number of aromatic hydroxyl groups is 1. The summed E-state index contributed by atoms with van der Waals surface area (Å²) in [5.41, 5.74) is 1.87. The van der Waals surface area contributed by atoms with Crippen molar-refractivity contribution >= 4 is 22.4 Å². The Labute approximate surface area is 159 Å². The molecule has 1 aliphatic heterocycles. The van der Waals surface area contributed by atoms with Crippen LogP contribution < -0.4 is 10.2 Å². The van der Waals surface area contributed by atoms with Crippen molar-refractivity contribution in [3.8, 4) is 5.75 Å². The van der Waals surface area contributed by atoms with Gasteiger partial charge in [0.1, 0.15) is 12.3 Å². The number of rotatable bonds is 4. The van der Waals surface area contributed by atoms with Gasteiger partial charge in [0.25, 0.3) is 0 Å². The lowest BCUT2D eigenvalue weighted by molar-refractivity contribution is -0.919. The third kappa shape index (κ3) is 3.96. The van der Waals surface area contributed by atoms with Crippen LogP contribution in [0.1, 0.15) is 18.4 Å². The van der Waals surface area contributed by atoms with Gasteiger partial charge in [0, 0.05) is 24.4 Å². The van der Waals surface area contributed by atoms with Gasteiger partial charge in [-0.15, -0.1) is 0 Å². The minimum atomic E-state index is 0.0649. The fourth-order valence-electron chi connectivity index (χ4n) is 3.99. The van der Waals surface area contributed by atoms with Crippen LogP contribution in [0.4, 0.5) is 5.69 Å². The van der Waals surface area contributed by atoms with Gasteiger partial charge in [0.15, 0.2) is 0 Å². The Morgan fingerprint density at radius 2 is 1.67 bits per heavy atom. The summed E-state index contributed by atoms with van der Waals surface area (Å²) in [5.74, 6) is 0.550. The molecule has 0 aromatic heterocycles. The molecule has 0 atom stereocenters. The summed E-state index contributed by atoms with van der Waals surface area (Å²) in [6.07, 6.45) is 1.75. The van der Waals surface area contributed by atoms with Crippen molar-refractivity contribution in [3.05, 3.63) is 72.3 Å². The molecule has 3 aromatic rings. The van der Waals surface area contributed by atoms with Crippen molar-refractivity contribution in [2.45, 2.75) is 19.4 Å². The number of carbonyl (C=O) groups is 1. The normalized spacial score (nSPS) is 19.7. The summed E-state index contributed by atoms with van der Waals surface area (Å²) in [6, 6.07) is 21.6. The molecule has 3 aromatic carbocycles. The third-order valence-corrected chi connectivity index (χ3v) is 5.55. The predicted octanol–water partition coefficient (Wildman–Crippen LogP) is 2.98. The molecule has 0 aliphatic carbocycles. The summed E-state index contributed by atoms with van der Waals surface area (Å²) in [4.78, 5) is 13.9. The van der Waals surface area contributed by atoms with Gasteiger partial charge in [-0.05, 0) is 29.0 Å². The molecule has 0 unspecified atom stereocenters. The first-order valence-corrected chi connectivity index (χ1v) is 9.60. The smallest absolute Gasteiger partial charge is 0.227 e. The summed E-state index contributed by atoms with van der Waals surface area (Å²) in [5, 5.41) is 15.7. The van der Waals surface area contributed by atoms with Gasteiger partial charge in [-0.25, -0.2) is 0 Å². The molecule has 1 saturated heterocycles. The van der Waals surface area contributed by atoms with Gasteiger partial charge >= 0.3 is 0 Å². The van der Waals surface area contributed by atoms with Crippen molar-refractivity contribution in [1.29, 1.82) is 0 Å². The zero-order valence-corrected chi connectivity index (χ0v) is 15.3. The van der Waals surface area contributed by atoms with Gasteiger partial charge in [0.05, 0.1) is 18.7 Å². The number of phenols is 1. The Hall–Kier alpha value is -2.85. The predicted molar refractivity (Wildman–Crippen MR) is 108 cm³/mol. The number of amides is 1. The van der Waals surface area contributed by atoms with Crippen molar-refractivity contribution in [3.63, 3.8) is 0 Å². The first kappa shape index (κ1) is 17.6. The SMILES string of the molecule is O=C(Nc1ccccc1)C1CC[NH+](Cc2c(O)ccc3ccccc23)CC1. The number of carbonyl (C=O) groups excluding carboxylic acids is 1. The summed E-state index contributed by atoms with van der Waals surface area (Å²) in [6.45, 7) is 2.67. The van der Waals surface area contributed by atoms with Crippen molar-refractivity contribution in [1.82, 2.24) is 0 Å². The van der Waals surface area contributed by atoms with E-state index >= 15 is 0 Å². The molecule has 4 heteroatoms. The zero-order chi connectivity index (χ0) is 18.6. The average Bonchev–Trinajstić information content (AvgIpc) is 2.71. The molecule has 4 rings (SSSR count). The van der Waals surface area contributed by atoms with E-state index in [1.165, 1.54) is 4.90 Å². The van der Waals surface area contributed by atoms with E-state index in [0.29, 0.717) is 5.75 Å². The largest absolute Gasteiger partial charge is 0.507 e. The van der Waals surface area contributed by atoms with Crippen LogP contribution in [0.2, 0.25) is 0 Å². The molecule has 1 fully saturated rings. The number of anilines is 1. The third-order valence-electron chi connectivity index (χ3n) is 5.55. The van der Waals surface area contributed by atoms with Gasteiger partial charge < -0.3 is 15.3 Å². The molecule has 0 saturated carbocycles. The quantitative estimate of drug-likeness (QED) is 0.669. The number of nitrogens with one attached hydrogen (secondary N) is 2. The highest BCUT2D eigenvalue weighted by Gasteiger charge is 2.28. The van der Waals surface area contributed by atoms with Crippen molar-refractivity contribution in [2.24, 2.45) is 5.92 Å². The second-order valence-electron chi connectivity index (χ2n) is 7.34. The van der Waals surface area contributed by atoms with E-state index in [1.807, 2.05) is 48.5 Å². The maximum absolute atomic E-state index is 12.5. The Morgan fingerprint density at radius 3 is 2.44 bits per heavy atom. The van der Waals surface area contributed by atoms with E-state index in [0.717, 1.165) is 54.5 Å². The maximum atomic E-state index is 12.5. The van der Waals surface area contributed by atoms with Crippen LogP contribution in [0.25, 0.3) is 10.8 Å². The number of fused-ring (bicyclic) bond motifs is 1. The average molecular weight is 361 g/mol. The van der Waals surface area contributed by atoms with Gasteiger partial charge in [0.2, 0.25) is 5.91 Å². The molecule has 1 aliphatic rings. The number of likely N-dealkylation sites (tertiary alicyclic amines) is 1. The standard InChI is InChI=1S/C23H24N2O2/c26-22-11-10-17-6-4-5-9-20(17)21(22)16-25-14-12-18(13-15-25)23(27)24-19-7-2-1-3-8-19/h1-11,18,26H,12-16H2,(H,24,27)/p+1. The molecule has 0 bridgehead atoms. The van der Waals surface area contributed by atoms with Crippen LogP contribution in [0.3, 0.4) is 0 Å². The van der Waals surface area contributed by atoms with E-state index in [2.05, 4.69) is 17.4 Å². The Morgan fingerprint density at radius 1 is 0.963 bits per heavy atom. The Balaban J connectivity index is 1.39. The minimum Gasteiger partial charge on any atom is -0.507 e. The molecular weight excluding hydrogens is 336 g/mol. The highest BCUT2D eigenvalue weighted by atomic mass is 16.3. The summed E-state index contributed by atoms with van der Waals surface area (Å²) < 4.78 is 0. The molecule has 1 amide bonds. The highest BCUT2D eigenvalue weighted by Crippen LogP contribution is 2.26. The summed E-state index contributed by atoms with van der Waals surface area (Å²) >= 11 is 0. The molecule has 1 heterocycles. The number of para-hydroxylation sites is 1. The number of benzene rings is 3. The van der Waals surface area contributed by atoms with E-state index in [9.17, 15) is 9.90 Å². The van der Waals surface area contributed by atoms with Crippen molar-refractivity contribution in [2.75, 3.05) is 18.4 Å². The van der Waals surface area contributed by atoms with Gasteiger partial charge in [-0.1, -0.05) is 48.5 Å². The Bertz CT molecular complexity index is 932. The first-order valence-electron chi connectivity index (χ1n) is 9.60. The lowest BCUT2D eigenvalue weighted by atomic mass is 9.94. The van der Waals surface area contributed by atoms with Gasteiger partial charge in [-0.2, -0.15) is 0 Å². The highest BCUT2D eigenvalue weighted by molar-refractivity contribution is 5.92. The van der Waals surface area contributed by atoms with Crippen LogP contribution in [-0.4, -0.2) is 24.1 Å². The number of quaternary nitrogens is 1. The molecule has 4 nitrogen and oxygen atoms in total. The van der Waals surface area contributed by atoms with Crippen LogP contribution in [-0.2, 0) is 11.3 Å². The first-order chi connectivity index (χ1) is 13.2. The fourth-order valence-corrected chi connectivity index (χ4v) is 3.99. The number of hydrogen-bond donors (Lipinski definition) is 3. The van der Waals surface area contributed by atoms with Crippen LogP contribution >= 0.6 is 0 Å². The Kier molecular flexibility index (Phi) is 5.07. The van der Waals surface area contributed by atoms with Gasteiger partial charge in [-0.3, -0.25) is 4.79 Å². The zero-order valence-electron chi connectivity index (χ0n) is 15.3. The number of piperidine rings is 1. The molecule has 3 N–H and O–H groups in total. The van der Waals surface area contributed by atoms with Crippen LogP contribution in [0, 0.1) is 5.92 Å². The second kappa shape index (κ2) is 7.80. The molecule has 0 radical (unpaired) electrons. The molecule has 138 valence electrons. The monoisotopic (exact) mass is 361 g/mol. The van der Waals surface area contributed by atoms with E-state index in [-0.39, 0.29) is 11.8 Å². The maximum Gasteiger partial charge on any atom is 0.227 e. The van der Waals surface area contributed by atoms with E-state index < -0.39 is 0 Å². The fraction of sp³-hybridized carbons (Fsp3) is 0.261. The number of phenolic OH excluding ortho intramolecular Hbond substituents is 1. The van der Waals surface area contributed by atoms with Crippen molar-refractivity contribution < 1.29 is 14.8 Å². The number of hydrogen-bond acceptors (Lipinski definition) is 2. The van der Waals surface area contributed by atoms with E-state index in [1.54, 1.807) is 6.07 Å². The van der Waals surface area contributed by atoms with Crippen LogP contribution in [0.15, 0.2) is 66.7 Å². The van der Waals surface area contributed by atoms with Crippen LogP contribution in [0.5, 0.6) is 5.75 Å². The molecule has 0 spiro atoms. The van der Waals surface area contributed by atoms with E-state index in [4.69, 9.17) is 0 Å². The second-order valence-corrected chi connectivity index (χ2v) is 7.34. The minimum absolute atomic E-state index is 0.0649. The lowest BCUT2D eigenvalue weighted by Crippen LogP contribution is -3.11. The summed E-state index contributed by atoms with van der Waals surface area (Å²) in [7, 11) is 0. The lowest BCUT2D eigenvalue weighted by Gasteiger charge is -2.29.